The average Bonchev–Trinajstić information content (AvgIpc) is 2.96. The number of hydrogen-bond donors (Lipinski definition) is 3. The monoisotopic (exact) mass is 381 g/mol. The molecule has 1 heterocycles. The standard InChI is InChI=1S/C17H17F2N3O5/c1-9-7-13(10(2)26-9)16(25)22-21-14(23)8-20-15(24)11-3-5-12(6-4-11)27-17(18)19/h3-7,17H,8H2,1-2H3,(H,20,24)(H,21,23)(H,22,25). The summed E-state index contributed by atoms with van der Waals surface area (Å²) in [5, 5.41) is 2.33. The summed E-state index contributed by atoms with van der Waals surface area (Å²) in [5.41, 5.74) is 4.79. The van der Waals surface area contributed by atoms with Crippen LogP contribution in [0.2, 0.25) is 0 Å². The van der Waals surface area contributed by atoms with Crippen LogP contribution in [0.25, 0.3) is 0 Å². The molecule has 0 fully saturated rings. The summed E-state index contributed by atoms with van der Waals surface area (Å²) in [7, 11) is 0. The molecular weight excluding hydrogens is 364 g/mol. The zero-order chi connectivity index (χ0) is 20.0. The first-order valence-corrected chi connectivity index (χ1v) is 7.75. The fraction of sp³-hybridized carbons (Fsp3) is 0.235. The number of aryl methyl sites for hydroxylation is 2. The van der Waals surface area contributed by atoms with E-state index in [0.29, 0.717) is 11.5 Å². The molecule has 3 N–H and O–H groups in total. The van der Waals surface area contributed by atoms with Gasteiger partial charge in [-0.2, -0.15) is 8.78 Å². The number of rotatable bonds is 6. The van der Waals surface area contributed by atoms with E-state index in [1.165, 1.54) is 30.3 Å². The van der Waals surface area contributed by atoms with Crippen LogP contribution in [0, 0.1) is 13.8 Å². The minimum absolute atomic E-state index is 0.0909. The minimum Gasteiger partial charge on any atom is -0.466 e. The molecule has 0 saturated carbocycles. The molecule has 3 amide bonds. The van der Waals surface area contributed by atoms with Crippen LogP contribution < -0.4 is 20.9 Å². The van der Waals surface area contributed by atoms with Crippen LogP contribution in [-0.4, -0.2) is 30.9 Å². The fourth-order valence-corrected chi connectivity index (χ4v) is 2.14. The lowest BCUT2D eigenvalue weighted by Gasteiger charge is -2.09. The molecule has 0 aliphatic carbocycles. The van der Waals surface area contributed by atoms with E-state index in [1.54, 1.807) is 13.8 Å². The number of carbonyl (C=O) groups excluding carboxylic acids is 3. The number of amides is 3. The molecular formula is C17H17F2N3O5. The van der Waals surface area contributed by atoms with Gasteiger partial charge in [0, 0.05) is 5.56 Å². The second-order valence-electron chi connectivity index (χ2n) is 5.41. The maximum absolute atomic E-state index is 12.1. The average molecular weight is 381 g/mol. The molecule has 8 nitrogen and oxygen atoms in total. The van der Waals surface area contributed by atoms with Crippen molar-refractivity contribution in [3.8, 4) is 5.75 Å². The smallest absolute Gasteiger partial charge is 0.387 e. The molecule has 2 rings (SSSR count). The number of benzene rings is 1. The number of furan rings is 1. The largest absolute Gasteiger partial charge is 0.466 e. The van der Waals surface area contributed by atoms with Crippen molar-refractivity contribution in [2.75, 3.05) is 6.54 Å². The van der Waals surface area contributed by atoms with Gasteiger partial charge in [0.2, 0.25) is 0 Å². The van der Waals surface area contributed by atoms with Crippen LogP contribution in [0.5, 0.6) is 5.75 Å². The number of alkyl halides is 2. The van der Waals surface area contributed by atoms with Crippen LogP contribution in [0.3, 0.4) is 0 Å². The maximum atomic E-state index is 12.1. The second-order valence-corrected chi connectivity index (χ2v) is 5.41. The molecule has 2 aromatic rings. The van der Waals surface area contributed by atoms with E-state index < -0.39 is 30.9 Å². The van der Waals surface area contributed by atoms with Crippen molar-refractivity contribution in [1.29, 1.82) is 0 Å². The van der Waals surface area contributed by atoms with Crippen LogP contribution >= 0.6 is 0 Å². The lowest BCUT2D eigenvalue weighted by molar-refractivity contribution is -0.120. The third kappa shape index (κ3) is 5.80. The van der Waals surface area contributed by atoms with Crippen LogP contribution in [0.1, 0.15) is 32.2 Å². The Morgan fingerprint density at radius 2 is 1.74 bits per heavy atom. The Kier molecular flexibility index (Phi) is 6.47. The van der Waals surface area contributed by atoms with E-state index in [2.05, 4.69) is 20.9 Å². The lowest BCUT2D eigenvalue weighted by atomic mass is 10.2. The third-order valence-corrected chi connectivity index (χ3v) is 3.35. The summed E-state index contributed by atoms with van der Waals surface area (Å²) in [6, 6.07) is 6.49. The van der Waals surface area contributed by atoms with Gasteiger partial charge in [0.15, 0.2) is 0 Å². The summed E-state index contributed by atoms with van der Waals surface area (Å²) in [4.78, 5) is 35.5. The molecule has 0 bridgehead atoms. The molecule has 27 heavy (non-hydrogen) atoms. The second kappa shape index (κ2) is 8.79. The van der Waals surface area contributed by atoms with Gasteiger partial charge in [-0.3, -0.25) is 25.2 Å². The van der Waals surface area contributed by atoms with Gasteiger partial charge >= 0.3 is 6.61 Å². The van der Waals surface area contributed by atoms with Gasteiger partial charge in [-0.25, -0.2) is 0 Å². The highest BCUT2D eigenvalue weighted by atomic mass is 19.3. The Morgan fingerprint density at radius 3 is 2.30 bits per heavy atom. The number of carbonyl (C=O) groups is 3. The summed E-state index contributed by atoms with van der Waals surface area (Å²) >= 11 is 0. The molecule has 0 aliphatic rings. The van der Waals surface area contributed by atoms with E-state index in [0.717, 1.165) is 0 Å². The molecule has 144 valence electrons. The molecule has 0 spiro atoms. The highest BCUT2D eigenvalue weighted by Crippen LogP contribution is 2.15. The summed E-state index contributed by atoms with van der Waals surface area (Å²) in [6.45, 7) is -0.0676. The highest BCUT2D eigenvalue weighted by molar-refractivity contribution is 5.98. The number of nitrogens with one attached hydrogen (secondary N) is 3. The number of halogens is 2. The molecule has 0 unspecified atom stereocenters. The van der Waals surface area contributed by atoms with Gasteiger partial charge < -0.3 is 14.5 Å². The van der Waals surface area contributed by atoms with E-state index >= 15 is 0 Å². The maximum Gasteiger partial charge on any atom is 0.387 e. The van der Waals surface area contributed by atoms with E-state index in [4.69, 9.17) is 4.42 Å². The number of ether oxygens (including phenoxy) is 1. The van der Waals surface area contributed by atoms with Crippen molar-refractivity contribution in [3.63, 3.8) is 0 Å². The van der Waals surface area contributed by atoms with Crippen molar-refractivity contribution in [2.24, 2.45) is 0 Å². The Balaban J connectivity index is 1.78. The third-order valence-electron chi connectivity index (χ3n) is 3.35. The van der Waals surface area contributed by atoms with Crippen LogP contribution in [0.15, 0.2) is 34.7 Å². The van der Waals surface area contributed by atoms with Crippen LogP contribution in [0.4, 0.5) is 8.78 Å². The molecule has 1 aromatic heterocycles. The van der Waals surface area contributed by atoms with Crippen molar-refractivity contribution in [2.45, 2.75) is 20.5 Å². The molecule has 0 atom stereocenters. The first kappa shape index (κ1) is 19.9. The molecule has 0 aliphatic heterocycles. The molecule has 1 aromatic carbocycles. The molecule has 0 radical (unpaired) electrons. The number of hydrogen-bond acceptors (Lipinski definition) is 5. The van der Waals surface area contributed by atoms with E-state index in [-0.39, 0.29) is 16.9 Å². The SMILES string of the molecule is Cc1cc(C(=O)NNC(=O)CNC(=O)c2ccc(OC(F)F)cc2)c(C)o1. The van der Waals surface area contributed by atoms with Gasteiger partial charge in [-0.1, -0.05) is 0 Å². The normalized spacial score (nSPS) is 10.4. The van der Waals surface area contributed by atoms with Crippen molar-refractivity contribution in [1.82, 2.24) is 16.2 Å². The molecule has 0 saturated heterocycles. The van der Waals surface area contributed by atoms with Crippen molar-refractivity contribution < 1.29 is 32.3 Å². The highest BCUT2D eigenvalue weighted by Gasteiger charge is 2.14. The molecule has 10 heteroatoms. The minimum atomic E-state index is -2.96. The summed E-state index contributed by atoms with van der Waals surface area (Å²) < 4.78 is 33.5. The predicted molar refractivity (Wildman–Crippen MR) is 89.2 cm³/mol. The quantitative estimate of drug-likeness (QED) is 0.660. The Labute approximate surface area is 152 Å². The predicted octanol–water partition coefficient (Wildman–Crippen LogP) is 1.69. The van der Waals surface area contributed by atoms with Crippen molar-refractivity contribution in [3.05, 3.63) is 53.0 Å². The first-order valence-electron chi connectivity index (χ1n) is 7.75. The van der Waals surface area contributed by atoms with E-state index in [9.17, 15) is 23.2 Å². The fourth-order valence-electron chi connectivity index (χ4n) is 2.14. The van der Waals surface area contributed by atoms with Gasteiger partial charge in [0.1, 0.15) is 17.3 Å². The lowest BCUT2D eigenvalue weighted by Crippen LogP contribution is -2.46. The van der Waals surface area contributed by atoms with Crippen LogP contribution in [-0.2, 0) is 4.79 Å². The van der Waals surface area contributed by atoms with Gasteiger partial charge in [0.05, 0.1) is 12.1 Å². The summed E-state index contributed by atoms with van der Waals surface area (Å²) in [6.07, 6.45) is 0. The number of hydrazine groups is 1. The Morgan fingerprint density at radius 1 is 1.07 bits per heavy atom. The van der Waals surface area contributed by atoms with Gasteiger partial charge in [-0.15, -0.1) is 0 Å². The van der Waals surface area contributed by atoms with Gasteiger partial charge in [-0.05, 0) is 44.2 Å². The topological polar surface area (TPSA) is 110 Å². The zero-order valence-corrected chi connectivity index (χ0v) is 14.5. The Hall–Kier alpha value is -3.43. The summed E-state index contributed by atoms with van der Waals surface area (Å²) in [5.74, 6) is -0.938. The Bertz CT molecular complexity index is 834. The van der Waals surface area contributed by atoms with E-state index in [1.807, 2.05) is 0 Å². The van der Waals surface area contributed by atoms with Crippen molar-refractivity contribution >= 4 is 17.7 Å². The van der Waals surface area contributed by atoms with Gasteiger partial charge in [0.25, 0.3) is 17.7 Å². The zero-order valence-electron chi connectivity index (χ0n) is 14.5. The first-order chi connectivity index (χ1) is 12.8.